The molecular formula is C27H32N4O. The molecule has 0 bridgehead atoms. The van der Waals surface area contributed by atoms with Gasteiger partial charge < -0.3 is 14.5 Å². The molecule has 1 aromatic heterocycles. The largest absolute Gasteiger partial charge is 0.478 e. The second-order valence-corrected chi connectivity index (χ2v) is 8.73. The average molecular weight is 429 g/mol. The van der Waals surface area contributed by atoms with Crippen molar-refractivity contribution in [2.75, 3.05) is 62.7 Å². The highest BCUT2D eigenvalue weighted by Crippen LogP contribution is 2.28. The van der Waals surface area contributed by atoms with E-state index in [-0.39, 0.29) is 0 Å². The monoisotopic (exact) mass is 428 g/mol. The summed E-state index contributed by atoms with van der Waals surface area (Å²) in [7, 11) is 2.07. The van der Waals surface area contributed by atoms with Crippen LogP contribution in [0.1, 0.15) is 18.4 Å². The number of nitrogens with zero attached hydrogens (tertiary/aromatic N) is 4. The summed E-state index contributed by atoms with van der Waals surface area (Å²) in [6.07, 6.45) is 6.50. The molecule has 0 aliphatic carbocycles. The predicted molar refractivity (Wildman–Crippen MR) is 134 cm³/mol. The van der Waals surface area contributed by atoms with Gasteiger partial charge in [0, 0.05) is 62.5 Å². The number of ether oxygens (including phenoxy) is 1. The number of rotatable bonds is 7. The van der Waals surface area contributed by atoms with E-state index in [0.29, 0.717) is 0 Å². The van der Waals surface area contributed by atoms with E-state index in [1.807, 2.05) is 6.07 Å². The van der Waals surface area contributed by atoms with Crippen molar-refractivity contribution in [3.05, 3.63) is 66.2 Å². The third kappa shape index (κ3) is 4.58. The van der Waals surface area contributed by atoms with Gasteiger partial charge in [-0.05, 0) is 36.9 Å². The molecular weight excluding hydrogens is 396 g/mol. The average Bonchev–Trinajstić information content (AvgIpc) is 2.84. The molecule has 0 N–H and O–H groups in total. The number of fused-ring (bicyclic) bond motifs is 2. The van der Waals surface area contributed by atoms with Gasteiger partial charge in [0.1, 0.15) is 5.82 Å². The maximum absolute atomic E-state index is 5.94. The Morgan fingerprint density at radius 1 is 0.906 bits per heavy atom. The lowest BCUT2D eigenvalue weighted by Crippen LogP contribution is -2.46. The van der Waals surface area contributed by atoms with Crippen LogP contribution in [0.15, 0.2) is 60.7 Å². The van der Waals surface area contributed by atoms with E-state index in [2.05, 4.69) is 87.4 Å². The smallest absolute Gasteiger partial charge is 0.215 e. The number of anilines is 2. The molecule has 0 unspecified atom stereocenters. The number of hydrogen-bond acceptors (Lipinski definition) is 5. The third-order valence-corrected chi connectivity index (χ3v) is 6.52. The summed E-state index contributed by atoms with van der Waals surface area (Å²) in [5.74, 6) is 1.74. The molecule has 0 atom stereocenters. The lowest BCUT2D eigenvalue weighted by molar-refractivity contribution is 0.237. The van der Waals surface area contributed by atoms with Crippen LogP contribution >= 0.6 is 0 Å². The van der Waals surface area contributed by atoms with Gasteiger partial charge in [0.05, 0.1) is 6.61 Å². The Hall–Kier alpha value is -3.05. The molecule has 0 saturated carbocycles. The summed E-state index contributed by atoms with van der Waals surface area (Å²) in [4.78, 5) is 12.0. The van der Waals surface area contributed by atoms with E-state index in [1.165, 1.54) is 16.5 Å². The van der Waals surface area contributed by atoms with E-state index in [0.717, 1.165) is 76.0 Å². The van der Waals surface area contributed by atoms with E-state index < -0.39 is 0 Å². The molecule has 0 amide bonds. The highest BCUT2D eigenvalue weighted by molar-refractivity contribution is 5.94. The fourth-order valence-corrected chi connectivity index (χ4v) is 4.69. The standard InChI is InChI=1S/C27H32N4O/c1-29-15-7-10-23-13-14-26(28-27(23)29)32-21-5-4-16-30-17-19-31(20-18-30)25-12-6-9-22-8-2-3-11-24(22)25/h2-3,6-14H,4-5,15-21H2,1H3. The molecule has 0 radical (unpaired) electrons. The molecule has 5 heteroatoms. The van der Waals surface area contributed by atoms with Crippen LogP contribution < -0.4 is 14.5 Å². The summed E-state index contributed by atoms with van der Waals surface area (Å²) in [6.45, 7) is 7.18. The van der Waals surface area contributed by atoms with Crippen LogP contribution in [0.2, 0.25) is 0 Å². The van der Waals surface area contributed by atoms with E-state index >= 15 is 0 Å². The van der Waals surface area contributed by atoms with E-state index in [9.17, 15) is 0 Å². The number of aromatic nitrogens is 1. The van der Waals surface area contributed by atoms with E-state index in [1.54, 1.807) is 0 Å². The molecule has 166 valence electrons. The second-order valence-electron chi connectivity index (χ2n) is 8.73. The Bertz CT molecular complexity index is 1080. The lowest BCUT2D eigenvalue weighted by Gasteiger charge is -2.36. The van der Waals surface area contributed by atoms with Crippen molar-refractivity contribution in [2.45, 2.75) is 12.8 Å². The molecule has 32 heavy (non-hydrogen) atoms. The first-order chi connectivity index (χ1) is 15.8. The van der Waals surface area contributed by atoms with Crippen molar-refractivity contribution < 1.29 is 4.74 Å². The number of hydrogen-bond donors (Lipinski definition) is 0. The van der Waals surface area contributed by atoms with Crippen molar-refractivity contribution in [1.82, 2.24) is 9.88 Å². The maximum atomic E-state index is 5.94. The summed E-state index contributed by atoms with van der Waals surface area (Å²) in [5.41, 5.74) is 2.53. The van der Waals surface area contributed by atoms with Gasteiger partial charge in [0.15, 0.2) is 0 Å². The summed E-state index contributed by atoms with van der Waals surface area (Å²) in [5, 5.41) is 2.68. The SMILES string of the molecule is CN1CC=Cc2ccc(OCCCCN3CCN(c4cccc5ccccc45)CC3)nc21. The molecule has 0 spiro atoms. The van der Waals surface area contributed by atoms with Crippen molar-refractivity contribution in [3.63, 3.8) is 0 Å². The van der Waals surface area contributed by atoms with Crippen LogP contribution in [-0.2, 0) is 0 Å². The first-order valence-corrected chi connectivity index (χ1v) is 11.7. The molecule has 1 fully saturated rings. The first-order valence-electron chi connectivity index (χ1n) is 11.7. The highest BCUT2D eigenvalue weighted by Gasteiger charge is 2.18. The summed E-state index contributed by atoms with van der Waals surface area (Å²) < 4.78 is 5.94. The van der Waals surface area contributed by atoms with Crippen molar-refractivity contribution in [3.8, 4) is 5.88 Å². The first kappa shape index (κ1) is 20.8. The normalized spacial score (nSPS) is 16.4. The lowest BCUT2D eigenvalue weighted by atomic mass is 10.1. The number of pyridine rings is 1. The van der Waals surface area contributed by atoms with Crippen LogP contribution in [0.5, 0.6) is 5.88 Å². The zero-order valence-corrected chi connectivity index (χ0v) is 18.9. The minimum Gasteiger partial charge on any atom is -0.478 e. The zero-order valence-electron chi connectivity index (χ0n) is 18.9. The molecule has 5 rings (SSSR count). The van der Waals surface area contributed by atoms with Crippen molar-refractivity contribution >= 4 is 28.4 Å². The van der Waals surface area contributed by atoms with Gasteiger partial charge in [-0.1, -0.05) is 48.6 Å². The van der Waals surface area contributed by atoms with Gasteiger partial charge in [0.2, 0.25) is 5.88 Å². The molecule has 1 saturated heterocycles. The summed E-state index contributed by atoms with van der Waals surface area (Å²) in [6, 6.07) is 19.4. The maximum Gasteiger partial charge on any atom is 0.215 e. The topological polar surface area (TPSA) is 31.8 Å². The van der Waals surface area contributed by atoms with Crippen LogP contribution in [0, 0.1) is 0 Å². The van der Waals surface area contributed by atoms with Gasteiger partial charge in [-0.2, -0.15) is 4.98 Å². The minimum atomic E-state index is 0.724. The zero-order chi connectivity index (χ0) is 21.8. The Morgan fingerprint density at radius 3 is 2.66 bits per heavy atom. The molecule has 5 nitrogen and oxygen atoms in total. The minimum absolute atomic E-state index is 0.724. The number of benzene rings is 2. The molecule has 3 heterocycles. The van der Waals surface area contributed by atoms with Crippen molar-refractivity contribution in [2.24, 2.45) is 0 Å². The summed E-state index contributed by atoms with van der Waals surface area (Å²) >= 11 is 0. The van der Waals surface area contributed by atoms with Gasteiger partial charge in [0.25, 0.3) is 0 Å². The Morgan fingerprint density at radius 2 is 1.75 bits per heavy atom. The Labute approximate surface area is 190 Å². The quantitative estimate of drug-likeness (QED) is 0.510. The second kappa shape index (κ2) is 9.61. The van der Waals surface area contributed by atoms with Crippen LogP contribution in [0.25, 0.3) is 16.8 Å². The van der Waals surface area contributed by atoms with Crippen LogP contribution in [0.4, 0.5) is 11.5 Å². The van der Waals surface area contributed by atoms with Crippen molar-refractivity contribution in [1.29, 1.82) is 0 Å². The number of unbranched alkanes of at least 4 members (excludes halogenated alkanes) is 1. The van der Waals surface area contributed by atoms with Crippen LogP contribution in [-0.4, -0.2) is 62.8 Å². The predicted octanol–water partition coefficient (Wildman–Crippen LogP) is 4.68. The molecule has 2 aromatic carbocycles. The number of piperazine rings is 1. The Balaban J connectivity index is 1.05. The van der Waals surface area contributed by atoms with E-state index in [4.69, 9.17) is 4.74 Å². The van der Waals surface area contributed by atoms with Gasteiger partial charge >= 0.3 is 0 Å². The third-order valence-electron chi connectivity index (χ3n) is 6.52. The van der Waals surface area contributed by atoms with Gasteiger partial charge in [-0.3, -0.25) is 4.90 Å². The fraction of sp³-hybridized carbons (Fsp3) is 0.370. The number of likely N-dealkylation sites (N-methyl/N-ethyl adjacent to an activating group) is 1. The van der Waals surface area contributed by atoms with Gasteiger partial charge in [-0.25, -0.2) is 0 Å². The molecule has 3 aromatic rings. The Kier molecular flexibility index (Phi) is 6.26. The van der Waals surface area contributed by atoms with Gasteiger partial charge in [-0.15, -0.1) is 0 Å². The highest BCUT2D eigenvalue weighted by atomic mass is 16.5. The fourth-order valence-electron chi connectivity index (χ4n) is 4.69. The molecule has 2 aliphatic heterocycles. The van der Waals surface area contributed by atoms with Crippen LogP contribution in [0.3, 0.4) is 0 Å². The molecule has 2 aliphatic rings.